The third-order valence-electron chi connectivity index (χ3n) is 2.21. The van der Waals surface area contributed by atoms with Crippen LogP contribution in [0, 0.1) is 17.0 Å². The van der Waals surface area contributed by atoms with Gasteiger partial charge in [-0.3, -0.25) is 15.4 Å². The molecule has 1 heterocycles. The average Bonchev–Trinajstić information content (AvgIpc) is 2.75. The van der Waals surface area contributed by atoms with E-state index in [0.717, 1.165) is 0 Å². The van der Waals surface area contributed by atoms with E-state index in [4.69, 9.17) is 4.52 Å². The Morgan fingerprint density at radius 2 is 2.00 bits per heavy atom. The molecule has 0 aliphatic carbocycles. The maximum Gasteiger partial charge on any atom is 0.324 e. The SMILES string of the molecule is Cc1cc(NC(=O)Nc2ccc([N+](=O)[O-])cc2)no1. The van der Waals surface area contributed by atoms with Crippen LogP contribution in [0.5, 0.6) is 0 Å². The number of aromatic nitrogens is 1. The molecule has 0 spiro atoms. The first-order valence-corrected chi connectivity index (χ1v) is 5.30. The first-order valence-electron chi connectivity index (χ1n) is 5.30. The second kappa shape index (κ2) is 5.17. The van der Waals surface area contributed by atoms with Gasteiger partial charge in [-0.05, 0) is 19.1 Å². The fourth-order valence-corrected chi connectivity index (χ4v) is 1.37. The minimum absolute atomic E-state index is 0.0434. The van der Waals surface area contributed by atoms with Gasteiger partial charge < -0.3 is 9.84 Å². The summed E-state index contributed by atoms with van der Waals surface area (Å²) in [6, 6.07) is 6.53. The lowest BCUT2D eigenvalue weighted by molar-refractivity contribution is -0.384. The summed E-state index contributed by atoms with van der Waals surface area (Å²) in [7, 11) is 0. The maximum absolute atomic E-state index is 11.6. The van der Waals surface area contributed by atoms with Crippen LogP contribution in [0.2, 0.25) is 0 Å². The lowest BCUT2D eigenvalue weighted by Crippen LogP contribution is -2.19. The molecule has 2 N–H and O–H groups in total. The highest BCUT2D eigenvalue weighted by Crippen LogP contribution is 2.15. The lowest BCUT2D eigenvalue weighted by atomic mass is 10.3. The summed E-state index contributed by atoms with van der Waals surface area (Å²) in [5.41, 5.74) is 0.390. The number of urea groups is 1. The van der Waals surface area contributed by atoms with Crippen molar-refractivity contribution in [3.8, 4) is 0 Å². The zero-order chi connectivity index (χ0) is 13.8. The highest BCUT2D eigenvalue weighted by atomic mass is 16.6. The number of rotatable bonds is 3. The van der Waals surface area contributed by atoms with Gasteiger partial charge in [-0.15, -0.1) is 0 Å². The number of nitro groups is 1. The van der Waals surface area contributed by atoms with Crippen molar-refractivity contribution in [2.75, 3.05) is 10.6 Å². The summed E-state index contributed by atoms with van der Waals surface area (Å²) in [5, 5.41) is 19.0. The average molecular weight is 262 g/mol. The van der Waals surface area contributed by atoms with Crippen LogP contribution in [0.25, 0.3) is 0 Å². The van der Waals surface area contributed by atoms with Crippen molar-refractivity contribution in [1.29, 1.82) is 0 Å². The Morgan fingerprint density at radius 3 is 2.53 bits per heavy atom. The number of non-ortho nitro benzene ring substituents is 1. The Bertz CT molecular complexity index is 605. The van der Waals surface area contributed by atoms with Crippen molar-refractivity contribution in [2.24, 2.45) is 0 Å². The number of aryl methyl sites for hydroxylation is 1. The molecule has 0 fully saturated rings. The molecule has 0 aliphatic rings. The molecule has 0 saturated heterocycles. The van der Waals surface area contributed by atoms with Crippen LogP contribution in [-0.4, -0.2) is 16.1 Å². The van der Waals surface area contributed by atoms with Gasteiger partial charge in [-0.1, -0.05) is 5.16 Å². The van der Waals surface area contributed by atoms with Crippen molar-refractivity contribution in [3.05, 3.63) is 46.2 Å². The van der Waals surface area contributed by atoms with E-state index in [0.29, 0.717) is 11.4 Å². The van der Waals surface area contributed by atoms with Crippen LogP contribution in [0.3, 0.4) is 0 Å². The summed E-state index contributed by atoms with van der Waals surface area (Å²) in [4.78, 5) is 21.5. The first-order chi connectivity index (χ1) is 9.04. The predicted molar refractivity (Wildman–Crippen MR) is 67.0 cm³/mol. The van der Waals surface area contributed by atoms with Gasteiger partial charge in [0.1, 0.15) is 5.76 Å². The number of hydrogen-bond acceptors (Lipinski definition) is 5. The maximum atomic E-state index is 11.6. The Hall–Kier alpha value is -2.90. The molecule has 2 aromatic rings. The second-order valence-electron chi connectivity index (χ2n) is 3.71. The molecule has 0 radical (unpaired) electrons. The highest BCUT2D eigenvalue weighted by molar-refractivity contribution is 5.99. The number of nitrogens with one attached hydrogen (secondary N) is 2. The van der Waals surface area contributed by atoms with Gasteiger partial charge in [0, 0.05) is 23.9 Å². The second-order valence-corrected chi connectivity index (χ2v) is 3.71. The number of amides is 2. The molecule has 8 heteroatoms. The van der Waals surface area contributed by atoms with E-state index in [1.807, 2.05) is 0 Å². The van der Waals surface area contributed by atoms with Gasteiger partial charge in [0.25, 0.3) is 5.69 Å². The number of hydrogen-bond donors (Lipinski definition) is 2. The van der Waals surface area contributed by atoms with E-state index in [2.05, 4.69) is 15.8 Å². The number of nitrogens with zero attached hydrogens (tertiary/aromatic N) is 2. The molecule has 2 rings (SSSR count). The topological polar surface area (TPSA) is 110 Å². The first kappa shape index (κ1) is 12.6. The van der Waals surface area contributed by atoms with E-state index in [9.17, 15) is 14.9 Å². The van der Waals surface area contributed by atoms with Crippen LogP contribution in [0.15, 0.2) is 34.9 Å². The Labute approximate surface area is 107 Å². The minimum atomic E-state index is -0.512. The molecule has 19 heavy (non-hydrogen) atoms. The van der Waals surface area contributed by atoms with Crippen molar-refractivity contribution >= 4 is 23.2 Å². The minimum Gasteiger partial charge on any atom is -0.360 e. The zero-order valence-corrected chi connectivity index (χ0v) is 9.91. The Kier molecular flexibility index (Phi) is 3.42. The molecular weight excluding hydrogens is 252 g/mol. The van der Waals surface area contributed by atoms with Crippen LogP contribution < -0.4 is 10.6 Å². The van der Waals surface area contributed by atoms with Crippen molar-refractivity contribution in [2.45, 2.75) is 6.92 Å². The normalized spacial score (nSPS) is 9.95. The van der Waals surface area contributed by atoms with Gasteiger partial charge >= 0.3 is 6.03 Å². The van der Waals surface area contributed by atoms with E-state index in [1.165, 1.54) is 24.3 Å². The van der Waals surface area contributed by atoms with Gasteiger partial charge in [0.15, 0.2) is 5.82 Å². The predicted octanol–water partition coefficient (Wildman–Crippen LogP) is 2.54. The number of anilines is 2. The van der Waals surface area contributed by atoms with Crippen LogP contribution in [0.1, 0.15) is 5.76 Å². The molecule has 1 aromatic carbocycles. The van der Waals surface area contributed by atoms with Gasteiger partial charge in [0.05, 0.1) is 4.92 Å². The molecule has 0 saturated carbocycles. The van der Waals surface area contributed by atoms with E-state index in [-0.39, 0.29) is 11.5 Å². The largest absolute Gasteiger partial charge is 0.360 e. The van der Waals surface area contributed by atoms with Crippen LogP contribution in [-0.2, 0) is 0 Å². The Balaban J connectivity index is 1.97. The zero-order valence-electron chi connectivity index (χ0n) is 9.91. The molecule has 0 atom stereocenters. The number of benzene rings is 1. The molecule has 98 valence electrons. The third-order valence-corrected chi connectivity index (χ3v) is 2.21. The van der Waals surface area contributed by atoms with E-state index >= 15 is 0 Å². The molecule has 2 amide bonds. The molecular formula is C11H10N4O4. The van der Waals surface area contributed by atoms with Gasteiger partial charge in [-0.25, -0.2) is 4.79 Å². The third kappa shape index (κ3) is 3.28. The van der Waals surface area contributed by atoms with E-state index < -0.39 is 11.0 Å². The number of carbonyl (C=O) groups excluding carboxylic acids is 1. The van der Waals surface area contributed by atoms with Crippen molar-refractivity contribution in [3.63, 3.8) is 0 Å². The summed E-state index contributed by atoms with van der Waals surface area (Å²) in [6.07, 6.45) is 0. The number of nitro benzene ring substituents is 1. The van der Waals surface area contributed by atoms with Crippen molar-refractivity contribution < 1.29 is 14.2 Å². The lowest BCUT2D eigenvalue weighted by Gasteiger charge is -2.04. The molecule has 8 nitrogen and oxygen atoms in total. The van der Waals surface area contributed by atoms with Crippen LogP contribution in [0.4, 0.5) is 22.0 Å². The summed E-state index contributed by atoms with van der Waals surface area (Å²) < 4.78 is 4.79. The van der Waals surface area contributed by atoms with Gasteiger partial charge in [-0.2, -0.15) is 0 Å². The fourth-order valence-electron chi connectivity index (χ4n) is 1.37. The summed E-state index contributed by atoms with van der Waals surface area (Å²) in [6.45, 7) is 1.70. The summed E-state index contributed by atoms with van der Waals surface area (Å²) in [5.74, 6) is 0.863. The summed E-state index contributed by atoms with van der Waals surface area (Å²) >= 11 is 0. The van der Waals surface area contributed by atoms with Gasteiger partial charge in [0.2, 0.25) is 0 Å². The quantitative estimate of drug-likeness (QED) is 0.652. The van der Waals surface area contributed by atoms with Crippen LogP contribution >= 0.6 is 0 Å². The van der Waals surface area contributed by atoms with E-state index in [1.54, 1.807) is 13.0 Å². The smallest absolute Gasteiger partial charge is 0.324 e. The molecule has 0 bridgehead atoms. The molecule has 0 aliphatic heterocycles. The molecule has 0 unspecified atom stereocenters. The molecule has 1 aromatic heterocycles. The fraction of sp³-hybridized carbons (Fsp3) is 0.0909. The van der Waals surface area contributed by atoms with Crippen molar-refractivity contribution in [1.82, 2.24) is 5.16 Å². The highest BCUT2D eigenvalue weighted by Gasteiger charge is 2.08. The standard InChI is InChI=1S/C11H10N4O4/c1-7-6-10(14-19-7)13-11(16)12-8-2-4-9(5-3-8)15(17)18/h2-6H,1H3,(H2,12,13,14,16). The Morgan fingerprint density at radius 1 is 1.32 bits per heavy atom. The number of carbonyl (C=O) groups is 1. The monoisotopic (exact) mass is 262 g/mol.